The molecule has 6 heteroatoms. The highest BCUT2D eigenvalue weighted by Crippen LogP contribution is 2.26. The number of benzene rings is 2. The largest absolute Gasteiger partial charge is 0.385 e. The number of hydrogen-bond donors (Lipinski definition) is 2. The van der Waals surface area contributed by atoms with E-state index in [1.165, 1.54) is 12.8 Å². The van der Waals surface area contributed by atoms with Crippen LogP contribution in [-0.2, 0) is 0 Å². The summed E-state index contributed by atoms with van der Waals surface area (Å²) in [6.45, 7) is 6.57. The smallest absolute Gasteiger partial charge is 0.272 e. The number of hydrogen-bond acceptors (Lipinski definition) is 4. The Kier molecular flexibility index (Phi) is 8.68. The topological polar surface area (TPSA) is 61.0 Å². The zero-order chi connectivity index (χ0) is 19.9. The number of fused-ring (bicyclic) bond motifs is 1. The van der Waals surface area contributed by atoms with Gasteiger partial charge in [0.15, 0.2) is 0 Å². The molecule has 0 radical (unpaired) electrons. The number of nitrogens with zero attached hydrogens (tertiary/aromatic N) is 2. The summed E-state index contributed by atoms with van der Waals surface area (Å²) in [6.07, 6.45) is 3.59. The van der Waals surface area contributed by atoms with Gasteiger partial charge in [-0.1, -0.05) is 36.8 Å². The fourth-order valence-electron chi connectivity index (χ4n) is 3.27. The summed E-state index contributed by atoms with van der Waals surface area (Å²) in [5, 5.41) is 12.0. The van der Waals surface area contributed by atoms with Gasteiger partial charge >= 0.3 is 0 Å². The molecule has 3 aromatic rings. The van der Waals surface area contributed by atoms with Gasteiger partial charge in [0.2, 0.25) is 0 Å². The number of anilines is 1. The molecule has 1 aromatic heterocycles. The highest BCUT2D eigenvalue weighted by atomic mass is 35.5. The summed E-state index contributed by atoms with van der Waals surface area (Å²) in [6, 6.07) is 16.4. The molecule has 0 unspecified atom stereocenters. The van der Waals surface area contributed by atoms with E-state index < -0.39 is 0 Å². The van der Waals surface area contributed by atoms with Crippen molar-refractivity contribution in [2.24, 2.45) is 0 Å². The van der Waals surface area contributed by atoms with Crippen LogP contribution < -0.4 is 10.9 Å². The number of aromatic amines is 1. The first-order chi connectivity index (χ1) is 13.6. The third-order valence-corrected chi connectivity index (χ3v) is 5.23. The molecule has 0 bridgehead atoms. The molecule has 0 amide bonds. The molecule has 0 saturated heterocycles. The van der Waals surface area contributed by atoms with Crippen molar-refractivity contribution in [1.29, 1.82) is 0 Å². The van der Waals surface area contributed by atoms with Crippen LogP contribution in [0.25, 0.3) is 22.0 Å². The van der Waals surface area contributed by atoms with E-state index in [-0.39, 0.29) is 18.0 Å². The minimum atomic E-state index is -0.156. The second kappa shape index (κ2) is 11.0. The predicted molar refractivity (Wildman–Crippen MR) is 125 cm³/mol. The summed E-state index contributed by atoms with van der Waals surface area (Å²) in [5.74, 6) is 0. The minimum absolute atomic E-state index is 0. The molecule has 2 N–H and O–H groups in total. The second-order valence-electron chi connectivity index (χ2n) is 7.59. The maximum Gasteiger partial charge on any atom is 0.272 e. The first-order valence-corrected chi connectivity index (χ1v) is 10.1. The lowest BCUT2D eigenvalue weighted by molar-refractivity contribution is 0.268. The molecular formula is C23H31ClN4O. The number of rotatable bonds is 9. The van der Waals surface area contributed by atoms with E-state index in [0.717, 1.165) is 41.8 Å². The quantitative estimate of drug-likeness (QED) is 0.487. The van der Waals surface area contributed by atoms with Crippen molar-refractivity contribution in [3.05, 3.63) is 58.9 Å². The zero-order valence-corrected chi connectivity index (χ0v) is 18.3. The van der Waals surface area contributed by atoms with Crippen LogP contribution in [0, 0.1) is 0 Å². The highest BCUT2D eigenvalue weighted by molar-refractivity contribution is 5.94. The Morgan fingerprint density at radius 1 is 1.03 bits per heavy atom. The van der Waals surface area contributed by atoms with Crippen molar-refractivity contribution in [2.75, 3.05) is 25.5 Å². The van der Waals surface area contributed by atoms with Crippen LogP contribution in [-0.4, -0.2) is 41.3 Å². The fourth-order valence-corrected chi connectivity index (χ4v) is 3.27. The SMILES string of the molecule is CC(C)N(C)CCCCCNc1cccc(-c2n[nH]c(=O)c3ccccc23)c1.Cl. The Bertz CT molecular complexity index is 970. The highest BCUT2D eigenvalue weighted by Gasteiger charge is 2.08. The molecule has 0 atom stereocenters. The normalized spacial score (nSPS) is 11.1. The third-order valence-electron chi connectivity index (χ3n) is 5.23. The molecule has 0 spiro atoms. The van der Waals surface area contributed by atoms with E-state index in [0.29, 0.717) is 11.4 Å². The van der Waals surface area contributed by atoms with Gasteiger partial charge in [0.1, 0.15) is 0 Å². The summed E-state index contributed by atoms with van der Waals surface area (Å²) < 4.78 is 0. The van der Waals surface area contributed by atoms with Crippen LogP contribution in [0.1, 0.15) is 33.1 Å². The van der Waals surface area contributed by atoms with Crippen molar-refractivity contribution < 1.29 is 0 Å². The molecule has 156 valence electrons. The number of unbranched alkanes of at least 4 members (excludes halogenated alkanes) is 2. The molecule has 0 aliphatic heterocycles. The molecule has 0 fully saturated rings. The third kappa shape index (κ3) is 6.05. The molecule has 3 rings (SSSR count). The molecule has 0 saturated carbocycles. The van der Waals surface area contributed by atoms with Crippen molar-refractivity contribution in [3.8, 4) is 11.3 Å². The van der Waals surface area contributed by atoms with Gasteiger partial charge in [0.25, 0.3) is 5.56 Å². The summed E-state index contributed by atoms with van der Waals surface area (Å²) in [4.78, 5) is 14.4. The number of H-pyrrole nitrogens is 1. The second-order valence-corrected chi connectivity index (χ2v) is 7.59. The van der Waals surface area contributed by atoms with Crippen molar-refractivity contribution in [3.63, 3.8) is 0 Å². The number of halogens is 1. The molecule has 5 nitrogen and oxygen atoms in total. The lowest BCUT2D eigenvalue weighted by Gasteiger charge is -2.20. The van der Waals surface area contributed by atoms with Gasteiger partial charge in [-0.05, 0) is 58.5 Å². The van der Waals surface area contributed by atoms with Crippen molar-refractivity contribution >= 4 is 28.9 Å². The van der Waals surface area contributed by atoms with E-state index >= 15 is 0 Å². The average molecular weight is 415 g/mol. The standard InChI is InChI=1S/C23H30N4O.ClH/c1-17(2)27(3)15-8-4-7-14-24-19-11-9-10-18(16-19)22-20-12-5-6-13-21(20)23(28)26-25-22;/h5-6,9-13,16-17,24H,4,7-8,14-15H2,1-3H3,(H,26,28);1H. The maximum atomic E-state index is 12.0. The van der Waals surface area contributed by atoms with Gasteiger partial charge in [0, 0.05) is 29.2 Å². The summed E-state index contributed by atoms with van der Waals surface area (Å²) in [5.41, 5.74) is 2.72. The number of aromatic nitrogens is 2. The van der Waals surface area contributed by atoms with Crippen LogP contribution in [0.2, 0.25) is 0 Å². The van der Waals surface area contributed by atoms with E-state index in [2.05, 4.69) is 53.4 Å². The van der Waals surface area contributed by atoms with Crippen molar-refractivity contribution in [2.45, 2.75) is 39.2 Å². The lowest BCUT2D eigenvalue weighted by Crippen LogP contribution is -2.27. The first kappa shape index (κ1) is 22.9. The molecular weight excluding hydrogens is 384 g/mol. The van der Waals surface area contributed by atoms with Gasteiger partial charge in [-0.25, -0.2) is 5.10 Å². The van der Waals surface area contributed by atoms with E-state index in [1.54, 1.807) is 0 Å². The van der Waals surface area contributed by atoms with E-state index in [4.69, 9.17) is 0 Å². The Labute approximate surface area is 178 Å². The van der Waals surface area contributed by atoms with E-state index in [9.17, 15) is 4.79 Å². The van der Waals surface area contributed by atoms with E-state index in [1.807, 2.05) is 36.4 Å². The fraction of sp³-hybridized carbons (Fsp3) is 0.391. The van der Waals surface area contributed by atoms with Crippen molar-refractivity contribution in [1.82, 2.24) is 15.1 Å². The van der Waals surface area contributed by atoms with Gasteiger partial charge in [-0.15, -0.1) is 12.4 Å². The zero-order valence-electron chi connectivity index (χ0n) is 17.4. The van der Waals surface area contributed by atoms with Gasteiger partial charge < -0.3 is 10.2 Å². The summed E-state index contributed by atoms with van der Waals surface area (Å²) >= 11 is 0. The van der Waals surface area contributed by atoms with Gasteiger partial charge in [-0.2, -0.15) is 5.10 Å². The first-order valence-electron chi connectivity index (χ1n) is 10.1. The molecule has 29 heavy (non-hydrogen) atoms. The summed E-state index contributed by atoms with van der Waals surface area (Å²) in [7, 11) is 2.18. The van der Waals surface area contributed by atoms with Gasteiger partial charge in [0.05, 0.1) is 11.1 Å². The Hall–Kier alpha value is -2.37. The van der Waals surface area contributed by atoms with Crippen LogP contribution in [0.3, 0.4) is 0 Å². The Morgan fingerprint density at radius 2 is 1.79 bits per heavy atom. The number of nitrogens with one attached hydrogen (secondary N) is 2. The molecule has 1 heterocycles. The average Bonchev–Trinajstić information content (AvgIpc) is 2.71. The Morgan fingerprint density at radius 3 is 2.55 bits per heavy atom. The maximum absolute atomic E-state index is 12.0. The van der Waals surface area contributed by atoms with Gasteiger partial charge in [-0.3, -0.25) is 4.79 Å². The monoisotopic (exact) mass is 414 g/mol. The van der Waals surface area contributed by atoms with Crippen LogP contribution in [0.4, 0.5) is 5.69 Å². The lowest BCUT2D eigenvalue weighted by atomic mass is 10.0. The van der Waals surface area contributed by atoms with Crippen LogP contribution in [0.5, 0.6) is 0 Å². The Balaban J connectivity index is 0.00000300. The molecule has 2 aromatic carbocycles. The van der Waals surface area contributed by atoms with Crippen LogP contribution in [0.15, 0.2) is 53.3 Å². The molecule has 0 aliphatic rings. The molecule has 0 aliphatic carbocycles. The van der Waals surface area contributed by atoms with Crippen LogP contribution >= 0.6 is 12.4 Å². The predicted octanol–water partition coefficient (Wildman–Crippen LogP) is 4.93. The minimum Gasteiger partial charge on any atom is -0.385 e.